The topological polar surface area (TPSA) is 78.0 Å². The van der Waals surface area contributed by atoms with Gasteiger partial charge in [0.05, 0.1) is 9.79 Å². The molecule has 2 heterocycles. The van der Waals surface area contributed by atoms with Crippen molar-refractivity contribution in [2.45, 2.75) is 29.1 Å². The molecule has 0 aromatic heterocycles. The summed E-state index contributed by atoms with van der Waals surface area (Å²) in [5.74, 6) is 0. The van der Waals surface area contributed by atoms with E-state index < -0.39 is 20.0 Å². The Hall–Kier alpha value is -1.00. The Morgan fingerprint density at radius 3 is 1.48 bits per heavy atom. The molecule has 0 spiro atoms. The summed E-state index contributed by atoms with van der Waals surface area (Å²) in [6.45, 7) is 3.36. The highest BCUT2D eigenvalue weighted by molar-refractivity contribution is 7.89. The molecule has 2 fully saturated rings. The van der Waals surface area contributed by atoms with Crippen LogP contribution in [0.2, 0.25) is 0 Å². The summed E-state index contributed by atoms with van der Waals surface area (Å²) >= 11 is 0. The van der Waals surface area contributed by atoms with Crippen LogP contribution in [0.4, 0.5) is 0 Å². The summed E-state index contributed by atoms with van der Waals surface area (Å²) in [5.41, 5.74) is 0. The van der Waals surface area contributed by atoms with E-state index in [1.807, 2.05) is 7.05 Å². The Morgan fingerprint density at radius 2 is 1.04 bits per heavy atom. The molecule has 25 heavy (non-hydrogen) atoms. The molecule has 0 aliphatic carbocycles. The van der Waals surface area contributed by atoms with Gasteiger partial charge in [-0.05, 0) is 44.2 Å². The number of piperazine rings is 1. The molecular weight excluding hydrogens is 362 g/mol. The van der Waals surface area contributed by atoms with Crippen molar-refractivity contribution in [3.05, 3.63) is 24.3 Å². The van der Waals surface area contributed by atoms with Crippen LogP contribution in [-0.2, 0) is 20.0 Å². The lowest BCUT2D eigenvalue weighted by Gasteiger charge is -2.31. The molecule has 3 rings (SSSR count). The molecule has 0 unspecified atom stereocenters. The first-order valence-corrected chi connectivity index (χ1v) is 11.5. The highest BCUT2D eigenvalue weighted by Crippen LogP contribution is 2.23. The van der Waals surface area contributed by atoms with Crippen molar-refractivity contribution >= 4 is 20.0 Å². The summed E-state index contributed by atoms with van der Waals surface area (Å²) in [6.07, 6.45) is 2.79. The van der Waals surface area contributed by atoms with Crippen LogP contribution in [0.1, 0.15) is 19.3 Å². The monoisotopic (exact) mass is 387 g/mol. The maximum atomic E-state index is 12.7. The van der Waals surface area contributed by atoms with Gasteiger partial charge < -0.3 is 4.90 Å². The standard InChI is InChI=1S/C16H25N3O4S2/c1-17-11-13-19(14-12-17)25(22,23)16-7-5-15(6-8-16)24(20,21)18-9-3-2-4-10-18/h5-8H,2-4,9-14H2,1H3. The first kappa shape index (κ1) is 18.8. The lowest BCUT2D eigenvalue weighted by molar-refractivity contribution is 0.222. The van der Waals surface area contributed by atoms with Crippen molar-refractivity contribution in [2.75, 3.05) is 46.3 Å². The fraction of sp³-hybridized carbons (Fsp3) is 0.625. The van der Waals surface area contributed by atoms with Gasteiger partial charge in [-0.3, -0.25) is 0 Å². The molecule has 1 aromatic carbocycles. The van der Waals surface area contributed by atoms with Crippen LogP contribution in [0.5, 0.6) is 0 Å². The van der Waals surface area contributed by atoms with Gasteiger partial charge in [0.1, 0.15) is 0 Å². The number of likely N-dealkylation sites (N-methyl/N-ethyl adjacent to an activating group) is 1. The van der Waals surface area contributed by atoms with E-state index in [-0.39, 0.29) is 9.79 Å². The number of rotatable bonds is 4. The van der Waals surface area contributed by atoms with Crippen LogP contribution >= 0.6 is 0 Å². The lowest BCUT2D eigenvalue weighted by atomic mass is 10.2. The zero-order valence-electron chi connectivity index (χ0n) is 14.5. The van der Waals surface area contributed by atoms with Crippen LogP contribution in [0.25, 0.3) is 0 Å². The van der Waals surface area contributed by atoms with E-state index in [1.165, 1.54) is 32.9 Å². The minimum Gasteiger partial charge on any atom is -0.304 e. The van der Waals surface area contributed by atoms with Gasteiger partial charge in [0.25, 0.3) is 0 Å². The molecule has 0 saturated carbocycles. The van der Waals surface area contributed by atoms with E-state index >= 15 is 0 Å². The van der Waals surface area contributed by atoms with Crippen molar-refractivity contribution in [3.63, 3.8) is 0 Å². The molecule has 2 aliphatic heterocycles. The molecule has 0 amide bonds. The normalized spacial score (nSPS) is 22.1. The second kappa shape index (κ2) is 7.32. The number of nitrogens with zero attached hydrogens (tertiary/aromatic N) is 3. The van der Waals surface area contributed by atoms with Gasteiger partial charge in [0.15, 0.2) is 0 Å². The quantitative estimate of drug-likeness (QED) is 0.764. The molecule has 0 atom stereocenters. The third-order valence-corrected chi connectivity index (χ3v) is 8.70. The maximum absolute atomic E-state index is 12.7. The van der Waals surface area contributed by atoms with Crippen LogP contribution in [-0.4, -0.2) is 76.7 Å². The van der Waals surface area contributed by atoms with E-state index in [1.54, 1.807) is 0 Å². The van der Waals surface area contributed by atoms with Crippen LogP contribution < -0.4 is 0 Å². The Bertz CT molecular complexity index is 792. The highest BCUT2D eigenvalue weighted by atomic mass is 32.2. The fourth-order valence-corrected chi connectivity index (χ4v) is 6.15. The maximum Gasteiger partial charge on any atom is 0.243 e. The van der Waals surface area contributed by atoms with Gasteiger partial charge in [0.2, 0.25) is 20.0 Å². The first-order chi connectivity index (χ1) is 11.8. The van der Waals surface area contributed by atoms with E-state index in [9.17, 15) is 16.8 Å². The Morgan fingerprint density at radius 1 is 0.640 bits per heavy atom. The summed E-state index contributed by atoms with van der Waals surface area (Å²) < 4.78 is 53.6. The fourth-order valence-electron chi connectivity index (χ4n) is 3.22. The minimum atomic E-state index is -3.57. The number of hydrogen-bond acceptors (Lipinski definition) is 5. The van der Waals surface area contributed by atoms with Gasteiger partial charge >= 0.3 is 0 Å². The van der Waals surface area contributed by atoms with Crippen molar-refractivity contribution in [3.8, 4) is 0 Å². The molecule has 0 radical (unpaired) electrons. The van der Waals surface area contributed by atoms with Crippen molar-refractivity contribution in [1.82, 2.24) is 13.5 Å². The number of benzene rings is 1. The Balaban J connectivity index is 1.80. The number of sulfonamides is 2. The molecule has 2 aliphatic rings. The minimum absolute atomic E-state index is 0.148. The average molecular weight is 388 g/mol. The molecular formula is C16H25N3O4S2. The predicted octanol–water partition coefficient (Wildman–Crippen LogP) is 0.797. The zero-order chi connectivity index (χ0) is 18.1. The SMILES string of the molecule is CN1CCN(S(=O)(=O)c2ccc(S(=O)(=O)N3CCCCC3)cc2)CC1. The van der Waals surface area contributed by atoms with Crippen LogP contribution in [0.3, 0.4) is 0 Å². The van der Waals surface area contributed by atoms with Crippen LogP contribution in [0, 0.1) is 0 Å². The van der Waals surface area contributed by atoms with Crippen LogP contribution in [0.15, 0.2) is 34.1 Å². The molecule has 0 N–H and O–H groups in total. The van der Waals surface area contributed by atoms with E-state index in [2.05, 4.69) is 4.90 Å². The Labute approximate surface area is 150 Å². The van der Waals surface area contributed by atoms with E-state index in [4.69, 9.17) is 0 Å². The van der Waals surface area contributed by atoms with E-state index in [0.717, 1.165) is 19.3 Å². The van der Waals surface area contributed by atoms with Gasteiger partial charge in [0, 0.05) is 39.3 Å². The highest BCUT2D eigenvalue weighted by Gasteiger charge is 2.29. The molecule has 7 nitrogen and oxygen atoms in total. The largest absolute Gasteiger partial charge is 0.304 e. The number of hydrogen-bond donors (Lipinski definition) is 0. The summed E-state index contributed by atoms with van der Waals surface area (Å²) in [6, 6.07) is 5.63. The van der Waals surface area contributed by atoms with Gasteiger partial charge in [-0.1, -0.05) is 6.42 Å². The summed E-state index contributed by atoms with van der Waals surface area (Å²) in [4.78, 5) is 2.39. The van der Waals surface area contributed by atoms with Crippen molar-refractivity contribution in [1.29, 1.82) is 0 Å². The lowest BCUT2D eigenvalue weighted by Crippen LogP contribution is -2.47. The second-order valence-electron chi connectivity index (χ2n) is 6.64. The zero-order valence-corrected chi connectivity index (χ0v) is 16.1. The van der Waals surface area contributed by atoms with Gasteiger partial charge in [-0.15, -0.1) is 0 Å². The second-order valence-corrected chi connectivity index (χ2v) is 10.5. The third-order valence-electron chi connectivity index (χ3n) is 4.88. The Kier molecular flexibility index (Phi) is 5.50. The van der Waals surface area contributed by atoms with Crippen molar-refractivity contribution in [2.24, 2.45) is 0 Å². The molecule has 140 valence electrons. The average Bonchev–Trinajstić information content (AvgIpc) is 2.63. The first-order valence-electron chi connectivity index (χ1n) is 8.61. The predicted molar refractivity (Wildman–Crippen MR) is 95.3 cm³/mol. The van der Waals surface area contributed by atoms with Crippen molar-refractivity contribution < 1.29 is 16.8 Å². The van der Waals surface area contributed by atoms with E-state index in [0.29, 0.717) is 39.3 Å². The summed E-state index contributed by atoms with van der Waals surface area (Å²) in [5, 5.41) is 0. The molecule has 9 heteroatoms. The molecule has 2 saturated heterocycles. The molecule has 1 aromatic rings. The van der Waals surface area contributed by atoms with Gasteiger partial charge in [-0.25, -0.2) is 16.8 Å². The third kappa shape index (κ3) is 3.90. The molecule has 0 bridgehead atoms. The number of piperidine rings is 1. The van der Waals surface area contributed by atoms with Gasteiger partial charge in [-0.2, -0.15) is 8.61 Å². The smallest absolute Gasteiger partial charge is 0.243 e. The summed E-state index contributed by atoms with van der Waals surface area (Å²) in [7, 11) is -5.15.